The number of para-hydroxylation sites is 9. The van der Waals surface area contributed by atoms with Crippen molar-refractivity contribution in [1.29, 1.82) is 0 Å². The number of hydrogen-bond donors (Lipinski definition) is 0. The predicted molar refractivity (Wildman–Crippen MR) is 404 cm³/mol. The molecule has 5 aromatic carbocycles. The van der Waals surface area contributed by atoms with E-state index in [-0.39, 0.29) is 108 Å². The first-order valence-corrected chi connectivity index (χ1v) is 38.0. The summed E-state index contributed by atoms with van der Waals surface area (Å²) in [4.78, 5) is 25.7. The number of rotatable bonds is 19. The number of nitrogens with zero attached hydrogens (tertiary/aromatic N) is 17. The Bertz CT molecular complexity index is 4170. The summed E-state index contributed by atoms with van der Waals surface area (Å²) in [7, 11) is 0. The smallest absolute Gasteiger partial charge is 1.00 e. The summed E-state index contributed by atoms with van der Waals surface area (Å²) in [6, 6.07) is 40.6. The van der Waals surface area contributed by atoms with E-state index in [1.807, 2.05) is 169 Å². The molecular weight excluding hydrogens is 1980 g/mol. The number of imidazole rings is 8. The second-order valence-corrected chi connectivity index (χ2v) is 27.4. The summed E-state index contributed by atoms with van der Waals surface area (Å²) < 4.78 is 22.0. The number of alkyl halides is 5. The molecule has 99 heavy (non-hydrogen) atoms. The molecule has 1 aliphatic rings. The number of fused-ring (bicyclic) bond motifs is 5. The molecule has 9 heterocycles. The van der Waals surface area contributed by atoms with Gasteiger partial charge in [0.2, 0.25) is 19.0 Å². The first-order chi connectivity index (χ1) is 45.7. The molecule has 0 atom stereocenters. The molecule has 0 unspecified atom stereocenters. The summed E-state index contributed by atoms with van der Waals surface area (Å²) in [6.07, 6.45) is 17.9. The fourth-order valence-electron chi connectivity index (χ4n) is 9.89. The maximum atomic E-state index is 6.49. The normalized spacial score (nSPS) is 10.8. The van der Waals surface area contributed by atoms with Crippen LogP contribution in [0.2, 0.25) is 41.2 Å². The zero-order valence-electron chi connectivity index (χ0n) is 52.9. The Morgan fingerprint density at radius 3 is 1.02 bits per heavy atom. The Hall–Kier alpha value is -1.75. The number of aliphatic imine (C=N–C) groups is 1. The minimum atomic E-state index is 0. The van der Waals surface area contributed by atoms with Crippen LogP contribution >= 0.6 is 172 Å². The van der Waals surface area contributed by atoms with Crippen LogP contribution in [0.4, 0.5) is 5.69 Å². The molecule has 0 spiro atoms. The van der Waals surface area contributed by atoms with Crippen LogP contribution in [-0.2, 0) is 78.4 Å². The SMILES string of the molecule is BrCCBr.C1=Nc2ccccc2C1.Clc1c(Cl)[n+](CCBr)cn1CCBr.Clc1c(Cl)[n+](CCn2cnc3ccccc32)cn1CCn1cnc2ccccc21.Clc1c(Cl)[n+](CCn2cnc3ccccc32)cn1CCn1cnc2ccccc21.Clc1ncn(CCBr)c1Cl.[Br-].[Br-].[Br-].[K+].[OH-]. The van der Waals surface area contributed by atoms with Gasteiger partial charge in [-0.25, -0.2) is 52.3 Å². The van der Waals surface area contributed by atoms with Gasteiger partial charge in [0.15, 0.2) is 5.15 Å². The van der Waals surface area contributed by atoms with Crippen LogP contribution in [0.3, 0.4) is 0 Å². The molecule has 8 aromatic heterocycles. The molecular formula is C64H64Br8Cl8KN17O. The minimum absolute atomic E-state index is 0. The molecule has 0 saturated carbocycles. The summed E-state index contributed by atoms with van der Waals surface area (Å²) in [5, 5.41) is 8.93. The van der Waals surface area contributed by atoms with E-state index in [4.69, 9.17) is 92.8 Å². The van der Waals surface area contributed by atoms with E-state index in [0.717, 1.165) is 129 Å². The summed E-state index contributed by atoms with van der Waals surface area (Å²) in [5.74, 6) is 0. The summed E-state index contributed by atoms with van der Waals surface area (Å²) in [6.45, 7) is 8.32. The van der Waals surface area contributed by atoms with Crippen molar-refractivity contribution in [3.63, 3.8) is 0 Å². The number of halogens is 16. The zero-order chi connectivity index (χ0) is 66.5. The number of benzene rings is 5. The van der Waals surface area contributed by atoms with E-state index in [1.165, 1.54) is 5.56 Å². The molecule has 13 aromatic rings. The van der Waals surface area contributed by atoms with Gasteiger partial charge in [-0.3, -0.25) is 4.99 Å². The van der Waals surface area contributed by atoms with Gasteiger partial charge in [-0.1, -0.05) is 170 Å². The number of aryl methyl sites for hydroxylation is 11. The van der Waals surface area contributed by atoms with Crippen LogP contribution < -0.4 is 116 Å². The van der Waals surface area contributed by atoms with Crippen LogP contribution in [0, 0.1) is 0 Å². The Kier molecular flexibility index (Phi) is 42.0. The van der Waals surface area contributed by atoms with Crippen molar-refractivity contribution in [2.24, 2.45) is 4.99 Å². The van der Waals surface area contributed by atoms with Crippen molar-refractivity contribution in [1.82, 2.24) is 61.5 Å². The first kappa shape index (κ1) is 89.6. The molecule has 18 nitrogen and oxygen atoms in total. The van der Waals surface area contributed by atoms with Crippen molar-refractivity contribution >= 4 is 228 Å². The fourth-order valence-corrected chi connectivity index (χ4v) is 12.8. The van der Waals surface area contributed by atoms with Gasteiger partial charge in [0.1, 0.15) is 44.4 Å². The maximum Gasteiger partial charge on any atom is 1.00 e. The minimum Gasteiger partial charge on any atom is -1.00 e. The molecule has 0 amide bonds. The van der Waals surface area contributed by atoms with Crippen LogP contribution in [0.5, 0.6) is 0 Å². The quantitative estimate of drug-likeness (QED) is 0.0602. The van der Waals surface area contributed by atoms with Crippen molar-refractivity contribution < 1.29 is 122 Å². The Labute approximate surface area is 730 Å². The molecule has 524 valence electrons. The molecule has 0 fully saturated rings. The second-order valence-electron chi connectivity index (χ2n) is 20.6. The zero-order valence-corrected chi connectivity index (χ0v) is 74.7. The fraction of sp³-hybridized carbons (Fsp3) is 0.266. The first-order valence-electron chi connectivity index (χ1n) is 29.4. The molecule has 0 saturated heterocycles. The van der Waals surface area contributed by atoms with E-state index in [0.29, 0.717) is 67.4 Å². The molecule has 0 radical (unpaired) electrons. The van der Waals surface area contributed by atoms with Gasteiger partial charge in [-0.2, -0.15) is 0 Å². The van der Waals surface area contributed by atoms with Crippen LogP contribution in [-0.4, -0.2) is 99.8 Å². The van der Waals surface area contributed by atoms with Crippen molar-refractivity contribution in [3.05, 3.63) is 219 Å². The van der Waals surface area contributed by atoms with Crippen molar-refractivity contribution in [2.45, 2.75) is 78.4 Å². The third kappa shape index (κ3) is 24.6. The molecule has 14 rings (SSSR count). The van der Waals surface area contributed by atoms with E-state index in [1.54, 1.807) is 10.9 Å². The molecule has 1 aliphatic heterocycles. The summed E-state index contributed by atoms with van der Waals surface area (Å²) >= 11 is 65.7. The topological polar surface area (TPSA) is 158 Å². The largest absolute Gasteiger partial charge is 1.00 e. The Balaban J connectivity index is 0.000000275. The monoisotopic (exact) mass is 2040 g/mol. The van der Waals surface area contributed by atoms with Crippen LogP contribution in [0.25, 0.3) is 44.1 Å². The van der Waals surface area contributed by atoms with Crippen molar-refractivity contribution in [3.8, 4) is 0 Å². The average molecular weight is 2050 g/mol. The van der Waals surface area contributed by atoms with Gasteiger partial charge in [0.25, 0.3) is 30.9 Å². The standard InChI is InChI=1S/2C21H19Cl2N6.C8H7N.C7H9Br2Cl2N2.C5H5BrCl2N2.C2H4Br2.3BrH.K.H2O/c2*22-20-21(23)29(12-10-27-14-25-17-6-2-4-8-19(17)27)15-28(20)11-9-26-13-24-16-5-1-3-7-18(16)26;1-2-4-8-7(3-1)5-6-9-8;8-1-3-12-5-13(4-2-9)7(11)6(12)10;6-1-2-10-3-9-4(7)5(10)8;3-1-2-4;;;;;/h2*1-8,13-15H,9-12H2;1-4,6H,5H2;5H,1-4H2;3H,1-2H2;1-2H2;3*1H;;1H2/q2*+1;;+1;;;;;;+1;/p-4. The van der Waals surface area contributed by atoms with Crippen LogP contribution in [0.1, 0.15) is 5.56 Å². The van der Waals surface area contributed by atoms with Crippen LogP contribution in [0.15, 0.2) is 177 Å². The van der Waals surface area contributed by atoms with Crippen molar-refractivity contribution in [2.75, 3.05) is 26.7 Å². The third-order valence-electron chi connectivity index (χ3n) is 14.6. The van der Waals surface area contributed by atoms with E-state index in [2.05, 4.69) is 158 Å². The van der Waals surface area contributed by atoms with Gasteiger partial charge in [0.05, 0.1) is 108 Å². The van der Waals surface area contributed by atoms with Gasteiger partial charge < -0.3 is 79.3 Å². The Morgan fingerprint density at radius 1 is 0.343 bits per heavy atom. The van der Waals surface area contributed by atoms with E-state index >= 15 is 0 Å². The number of aromatic nitrogens is 16. The second kappa shape index (κ2) is 46.4. The predicted octanol–water partition coefficient (Wildman–Crippen LogP) is 5.38. The van der Waals surface area contributed by atoms with E-state index < -0.39 is 0 Å². The number of hydrogen-bond acceptors (Lipinski definition) is 7. The van der Waals surface area contributed by atoms with Gasteiger partial charge in [0, 0.05) is 45.8 Å². The van der Waals surface area contributed by atoms with Gasteiger partial charge in [-0.05, 0) is 130 Å². The maximum absolute atomic E-state index is 6.49. The Morgan fingerprint density at radius 2 is 0.667 bits per heavy atom. The molecule has 0 bridgehead atoms. The average Bonchev–Trinajstić information content (AvgIpc) is 1.70. The van der Waals surface area contributed by atoms with E-state index in [9.17, 15) is 0 Å². The third-order valence-corrected chi connectivity index (χ3v) is 21.0. The molecule has 1 N–H and O–H groups in total. The molecule has 35 heteroatoms. The van der Waals surface area contributed by atoms with Gasteiger partial charge >= 0.3 is 51.4 Å². The molecule has 0 aliphatic carbocycles. The summed E-state index contributed by atoms with van der Waals surface area (Å²) in [5.41, 5.74) is 10.9. The van der Waals surface area contributed by atoms with Gasteiger partial charge in [-0.15, -0.1) is 0 Å².